The minimum atomic E-state index is -0.589. The van der Waals surface area contributed by atoms with Crippen molar-refractivity contribution in [1.29, 1.82) is 0 Å². The number of phenolic OH excluding ortho intramolecular Hbond substituents is 1. The van der Waals surface area contributed by atoms with Gasteiger partial charge in [-0.3, -0.25) is 9.88 Å². The molecule has 0 aliphatic carbocycles. The van der Waals surface area contributed by atoms with Crippen molar-refractivity contribution in [2.45, 2.75) is 70.1 Å². The molecule has 8 nitrogen and oxygen atoms in total. The van der Waals surface area contributed by atoms with Crippen molar-refractivity contribution >= 4 is 27.5 Å². The molecule has 0 saturated carbocycles. The van der Waals surface area contributed by atoms with Gasteiger partial charge in [0.25, 0.3) is 0 Å². The highest BCUT2D eigenvalue weighted by atomic mass is 19.1. The highest BCUT2D eigenvalue weighted by Crippen LogP contribution is 2.44. The van der Waals surface area contributed by atoms with Crippen molar-refractivity contribution in [2.75, 3.05) is 31.1 Å². The number of phenols is 1. The molecule has 4 saturated heterocycles. The molecule has 0 amide bonds. The molecule has 5 atom stereocenters. The molecule has 4 aliphatic heterocycles. The number of anilines is 1. The largest absolute Gasteiger partial charge is 0.508 e. The topological polar surface area (TPSA) is 86.6 Å². The molecule has 2 aromatic carbocycles. The first-order valence-corrected chi connectivity index (χ1v) is 16.2. The minimum Gasteiger partial charge on any atom is -0.508 e. The van der Waals surface area contributed by atoms with Crippen molar-refractivity contribution in [2.24, 2.45) is 11.8 Å². The fourth-order valence-corrected chi connectivity index (χ4v) is 8.88. The van der Waals surface area contributed by atoms with Gasteiger partial charge < -0.3 is 20.1 Å². The summed E-state index contributed by atoms with van der Waals surface area (Å²) in [4.78, 5) is 19.2. The second-order valence-electron chi connectivity index (χ2n) is 14.0. The van der Waals surface area contributed by atoms with Crippen LogP contribution in [0.1, 0.15) is 52.0 Å². The van der Waals surface area contributed by atoms with Crippen LogP contribution in [0.2, 0.25) is 0 Å². The number of terminal acetylenes is 1. The van der Waals surface area contributed by atoms with Crippen LogP contribution in [-0.4, -0.2) is 74.9 Å². The fourth-order valence-electron chi connectivity index (χ4n) is 8.88. The van der Waals surface area contributed by atoms with Crippen LogP contribution in [0.4, 0.5) is 10.2 Å². The van der Waals surface area contributed by atoms with Gasteiger partial charge in [0, 0.05) is 60.5 Å². The molecule has 2 aromatic heterocycles. The Kier molecular flexibility index (Phi) is 6.66. The minimum absolute atomic E-state index is 0.00544. The Labute approximate surface area is 263 Å². The number of aromatic hydroxyl groups is 1. The third-order valence-electron chi connectivity index (χ3n) is 10.7. The molecule has 0 spiro atoms. The summed E-state index contributed by atoms with van der Waals surface area (Å²) in [5, 5.41) is 16.2. The second-order valence-corrected chi connectivity index (χ2v) is 14.0. The summed E-state index contributed by atoms with van der Waals surface area (Å²) < 4.78 is 23.4. The molecular formula is C36H39FN6O2. The summed E-state index contributed by atoms with van der Waals surface area (Å²) in [6.45, 7) is 10.2. The molecular weight excluding hydrogens is 567 g/mol. The van der Waals surface area contributed by atoms with Gasteiger partial charge in [-0.15, -0.1) is 6.42 Å². The van der Waals surface area contributed by atoms with Crippen LogP contribution in [0.5, 0.6) is 11.8 Å². The van der Waals surface area contributed by atoms with Gasteiger partial charge in [0.2, 0.25) is 0 Å². The number of nitrogens with zero attached hydrogens (tertiary/aromatic N) is 5. The van der Waals surface area contributed by atoms with E-state index in [-0.39, 0.29) is 34.6 Å². The fraction of sp³-hybridized carbons (Fsp3) is 0.472. The van der Waals surface area contributed by atoms with Gasteiger partial charge in [0.15, 0.2) is 5.82 Å². The predicted molar refractivity (Wildman–Crippen MR) is 174 cm³/mol. The van der Waals surface area contributed by atoms with Gasteiger partial charge in [0.05, 0.1) is 10.9 Å². The van der Waals surface area contributed by atoms with Gasteiger partial charge in [-0.05, 0) is 68.0 Å². The third-order valence-corrected chi connectivity index (χ3v) is 10.7. The van der Waals surface area contributed by atoms with E-state index in [9.17, 15) is 5.11 Å². The molecule has 4 aromatic rings. The van der Waals surface area contributed by atoms with Gasteiger partial charge in [-0.25, -0.2) is 4.39 Å². The van der Waals surface area contributed by atoms with Gasteiger partial charge in [-0.2, -0.15) is 9.97 Å². The Balaban J connectivity index is 1.28. The summed E-state index contributed by atoms with van der Waals surface area (Å²) in [7, 11) is 0. The van der Waals surface area contributed by atoms with E-state index in [4.69, 9.17) is 21.1 Å². The van der Waals surface area contributed by atoms with Gasteiger partial charge in [0.1, 0.15) is 29.4 Å². The standard InChI is InChI=1S/C36H39FN6O2/c1-5-23-7-6-8-24-11-26(44)12-27(30(23)24)32-31(37)33-28(15-38-32)34(43-18-25-9-10-29(39-25)22(43)4)41-35(40-33)45-19-36-13-20(2)16-42(36)17-21(3)14-36/h1,6-8,11-12,15,20-22,25,29,39,44H,9-10,13-14,16-19H2,2-4H3/t20?,21?,22-,25+,29-,36?/m1/s1. The molecule has 4 fully saturated rings. The first kappa shape index (κ1) is 28.5. The lowest BCUT2D eigenvalue weighted by Crippen LogP contribution is -2.57. The first-order chi connectivity index (χ1) is 21.7. The number of fused-ring (bicyclic) bond motifs is 5. The molecule has 9 heteroatoms. The monoisotopic (exact) mass is 606 g/mol. The number of aromatic nitrogens is 3. The highest BCUT2D eigenvalue weighted by molar-refractivity contribution is 6.02. The van der Waals surface area contributed by atoms with Crippen molar-refractivity contribution in [1.82, 2.24) is 25.2 Å². The van der Waals surface area contributed by atoms with Crippen LogP contribution in [0, 0.1) is 30.0 Å². The zero-order chi connectivity index (χ0) is 31.0. The lowest BCUT2D eigenvalue weighted by Gasteiger charge is -2.40. The lowest BCUT2D eigenvalue weighted by molar-refractivity contribution is 0.107. The number of piperazine rings is 1. The SMILES string of the molecule is C#Cc1cccc2cc(O)cc(-c3ncc4c(N5C[C@@H]6CC[C@@H](N6)[C@H]5C)nc(OCC56CC(C)CN5CC(C)C6)nc4c3F)c12. The van der Waals surface area contributed by atoms with Gasteiger partial charge >= 0.3 is 6.01 Å². The highest BCUT2D eigenvalue weighted by Gasteiger charge is 2.50. The number of hydrogen-bond donors (Lipinski definition) is 2. The van der Waals surface area contributed by atoms with Crippen molar-refractivity contribution < 1.29 is 14.2 Å². The summed E-state index contributed by atoms with van der Waals surface area (Å²) in [6, 6.07) is 9.66. The Morgan fingerprint density at radius 2 is 1.91 bits per heavy atom. The second kappa shape index (κ2) is 10.5. The summed E-state index contributed by atoms with van der Waals surface area (Å²) >= 11 is 0. The van der Waals surface area contributed by atoms with E-state index in [1.165, 1.54) is 6.07 Å². The van der Waals surface area contributed by atoms with Crippen LogP contribution < -0.4 is 15.0 Å². The smallest absolute Gasteiger partial charge is 0.319 e. The molecule has 0 radical (unpaired) electrons. The number of halogens is 1. The van der Waals surface area contributed by atoms with Crippen LogP contribution in [0.15, 0.2) is 36.5 Å². The number of nitrogens with one attached hydrogen (secondary N) is 1. The number of ether oxygens (including phenoxy) is 1. The van der Waals surface area contributed by atoms with Crippen LogP contribution in [-0.2, 0) is 0 Å². The maximum Gasteiger partial charge on any atom is 0.319 e. The average Bonchev–Trinajstić information content (AvgIpc) is 3.66. The Hall–Kier alpha value is -4.00. The number of benzene rings is 2. The molecule has 2 bridgehead atoms. The van der Waals surface area contributed by atoms with Gasteiger partial charge in [-0.1, -0.05) is 31.9 Å². The summed E-state index contributed by atoms with van der Waals surface area (Å²) in [5.74, 6) is 3.98. The average molecular weight is 607 g/mol. The molecule has 4 aliphatic rings. The van der Waals surface area contributed by atoms with E-state index in [2.05, 4.69) is 46.8 Å². The Morgan fingerprint density at radius 3 is 2.69 bits per heavy atom. The van der Waals surface area contributed by atoms with E-state index < -0.39 is 5.82 Å². The number of hydrogen-bond acceptors (Lipinski definition) is 8. The molecule has 2 N–H and O–H groups in total. The zero-order valence-electron chi connectivity index (χ0n) is 26.1. The maximum absolute atomic E-state index is 16.9. The predicted octanol–water partition coefficient (Wildman–Crippen LogP) is 5.50. The molecule has 2 unspecified atom stereocenters. The summed E-state index contributed by atoms with van der Waals surface area (Å²) in [5.41, 5.74) is 1.20. The number of pyridine rings is 1. The Bertz CT molecular complexity index is 1860. The van der Waals surface area contributed by atoms with E-state index in [0.717, 1.165) is 45.3 Å². The zero-order valence-corrected chi connectivity index (χ0v) is 26.1. The number of rotatable bonds is 5. The third kappa shape index (κ3) is 4.60. The van der Waals surface area contributed by atoms with E-state index in [1.54, 1.807) is 12.3 Å². The quantitative estimate of drug-likeness (QED) is 0.288. The summed E-state index contributed by atoms with van der Waals surface area (Å²) in [6.07, 6.45) is 11.9. The van der Waals surface area contributed by atoms with Crippen LogP contribution in [0.25, 0.3) is 32.9 Å². The Morgan fingerprint density at radius 1 is 1.11 bits per heavy atom. The molecule has 8 rings (SSSR count). The van der Waals surface area contributed by atoms with Crippen LogP contribution >= 0.6 is 0 Å². The lowest BCUT2D eigenvalue weighted by atomic mass is 9.89. The van der Waals surface area contributed by atoms with Crippen molar-refractivity contribution in [3.05, 3.63) is 47.9 Å². The van der Waals surface area contributed by atoms with Crippen molar-refractivity contribution in [3.8, 4) is 35.4 Å². The van der Waals surface area contributed by atoms with E-state index in [1.807, 2.05) is 18.2 Å². The van der Waals surface area contributed by atoms with E-state index >= 15 is 4.39 Å². The normalized spacial score (nSPS) is 29.4. The first-order valence-electron chi connectivity index (χ1n) is 16.2. The molecule has 6 heterocycles. The van der Waals surface area contributed by atoms with E-state index in [0.29, 0.717) is 63.6 Å². The van der Waals surface area contributed by atoms with Crippen LogP contribution in [0.3, 0.4) is 0 Å². The molecule has 45 heavy (non-hydrogen) atoms. The van der Waals surface area contributed by atoms with Crippen molar-refractivity contribution in [3.63, 3.8) is 0 Å². The molecule has 232 valence electrons. The maximum atomic E-state index is 16.9.